The Bertz CT molecular complexity index is 421. The van der Waals surface area contributed by atoms with Gasteiger partial charge < -0.3 is 10.2 Å². The van der Waals surface area contributed by atoms with E-state index in [1.165, 1.54) is 32.1 Å². The van der Waals surface area contributed by atoms with E-state index in [4.69, 9.17) is 0 Å². The fourth-order valence-corrected chi connectivity index (χ4v) is 2.66. The largest absolute Gasteiger partial charge is 0.349 e. The van der Waals surface area contributed by atoms with E-state index in [1.54, 1.807) is 19.0 Å². The maximum absolute atomic E-state index is 11.4. The Morgan fingerprint density at radius 1 is 1.40 bits per heavy atom. The zero-order chi connectivity index (χ0) is 14.4. The molecule has 5 heteroatoms. The highest BCUT2D eigenvalue weighted by molar-refractivity contribution is 5.75. The smallest absolute Gasteiger partial charge is 0.223 e. The Morgan fingerprint density at radius 3 is 2.85 bits per heavy atom. The van der Waals surface area contributed by atoms with E-state index in [0.717, 1.165) is 12.2 Å². The van der Waals surface area contributed by atoms with Gasteiger partial charge in [0.05, 0.1) is 11.7 Å². The van der Waals surface area contributed by atoms with Crippen LogP contribution >= 0.6 is 0 Å². The van der Waals surface area contributed by atoms with Gasteiger partial charge in [0, 0.05) is 39.8 Å². The molecule has 0 spiro atoms. The highest BCUT2D eigenvalue weighted by Gasteiger charge is 2.15. The molecule has 0 aromatic carbocycles. The number of carbonyl (C=O) groups is 1. The predicted molar refractivity (Wildman–Crippen MR) is 79.4 cm³/mol. The Hall–Kier alpha value is -1.36. The van der Waals surface area contributed by atoms with Crippen molar-refractivity contribution in [3.63, 3.8) is 0 Å². The second-order valence-electron chi connectivity index (χ2n) is 5.79. The van der Waals surface area contributed by atoms with Gasteiger partial charge in [-0.05, 0) is 18.9 Å². The number of nitrogens with zero attached hydrogens (tertiary/aromatic N) is 3. The zero-order valence-corrected chi connectivity index (χ0v) is 12.6. The van der Waals surface area contributed by atoms with E-state index in [0.29, 0.717) is 19.0 Å². The number of amides is 1. The van der Waals surface area contributed by atoms with Crippen molar-refractivity contribution in [1.29, 1.82) is 0 Å². The van der Waals surface area contributed by atoms with Crippen LogP contribution < -0.4 is 5.32 Å². The summed E-state index contributed by atoms with van der Waals surface area (Å²) in [5.74, 6) is 0.158. The summed E-state index contributed by atoms with van der Waals surface area (Å²) in [7, 11) is 3.57. The van der Waals surface area contributed by atoms with Crippen molar-refractivity contribution in [2.45, 2.75) is 51.1 Å². The van der Waals surface area contributed by atoms with E-state index in [-0.39, 0.29) is 5.91 Å². The minimum absolute atomic E-state index is 0.158. The lowest BCUT2D eigenvalue weighted by molar-refractivity contribution is -0.128. The molecular formula is C15H26N4O. The number of nitrogens with one attached hydrogen (secondary N) is 1. The van der Waals surface area contributed by atoms with Gasteiger partial charge in [-0.15, -0.1) is 0 Å². The van der Waals surface area contributed by atoms with E-state index in [9.17, 15) is 4.79 Å². The summed E-state index contributed by atoms with van der Waals surface area (Å²) < 4.78 is 2.13. The third-order valence-corrected chi connectivity index (χ3v) is 3.93. The quantitative estimate of drug-likeness (QED) is 0.809. The van der Waals surface area contributed by atoms with Gasteiger partial charge in [0.15, 0.2) is 0 Å². The fraction of sp³-hybridized carbons (Fsp3) is 0.733. The van der Waals surface area contributed by atoms with Gasteiger partial charge in [0.2, 0.25) is 5.91 Å². The number of carbonyl (C=O) groups excluding carboxylic acids is 1. The normalized spacial score (nSPS) is 16.3. The monoisotopic (exact) mass is 278 g/mol. The van der Waals surface area contributed by atoms with Crippen molar-refractivity contribution in [3.8, 4) is 0 Å². The predicted octanol–water partition coefficient (Wildman–Crippen LogP) is 1.96. The van der Waals surface area contributed by atoms with Crippen molar-refractivity contribution in [1.82, 2.24) is 20.0 Å². The van der Waals surface area contributed by atoms with Crippen molar-refractivity contribution >= 4 is 5.91 Å². The molecule has 20 heavy (non-hydrogen) atoms. The molecule has 1 aliphatic carbocycles. The van der Waals surface area contributed by atoms with Crippen molar-refractivity contribution < 1.29 is 4.79 Å². The Balaban J connectivity index is 1.71. The van der Waals surface area contributed by atoms with E-state index in [1.807, 2.05) is 0 Å². The SMILES string of the molecule is CN(C)C(=O)CCNCc1ccn(C2CCCCC2)n1. The molecule has 0 unspecified atom stereocenters. The zero-order valence-electron chi connectivity index (χ0n) is 12.6. The highest BCUT2D eigenvalue weighted by Crippen LogP contribution is 2.27. The van der Waals surface area contributed by atoms with Gasteiger partial charge in [-0.2, -0.15) is 5.10 Å². The van der Waals surface area contributed by atoms with Crippen LogP contribution in [0.2, 0.25) is 0 Å². The van der Waals surface area contributed by atoms with Gasteiger partial charge in [-0.3, -0.25) is 9.48 Å². The molecule has 1 N–H and O–H groups in total. The molecule has 0 bridgehead atoms. The molecule has 0 saturated heterocycles. The molecule has 0 radical (unpaired) electrons. The minimum Gasteiger partial charge on any atom is -0.349 e. The molecule has 1 amide bonds. The van der Waals surface area contributed by atoms with Crippen LogP contribution in [-0.2, 0) is 11.3 Å². The fourth-order valence-electron chi connectivity index (χ4n) is 2.66. The van der Waals surface area contributed by atoms with E-state index in [2.05, 4.69) is 27.4 Å². The highest BCUT2D eigenvalue weighted by atomic mass is 16.2. The van der Waals surface area contributed by atoms with Gasteiger partial charge in [-0.25, -0.2) is 0 Å². The average Bonchev–Trinajstić information content (AvgIpc) is 2.93. The summed E-state index contributed by atoms with van der Waals surface area (Å²) in [5, 5.41) is 7.92. The summed E-state index contributed by atoms with van der Waals surface area (Å²) in [6.07, 6.45) is 9.16. The van der Waals surface area contributed by atoms with E-state index >= 15 is 0 Å². The van der Waals surface area contributed by atoms with Crippen molar-refractivity contribution in [2.75, 3.05) is 20.6 Å². The lowest BCUT2D eigenvalue weighted by atomic mass is 9.96. The van der Waals surface area contributed by atoms with Crippen LogP contribution in [0.15, 0.2) is 12.3 Å². The first-order valence-corrected chi connectivity index (χ1v) is 7.61. The van der Waals surface area contributed by atoms with Crippen LogP contribution in [0, 0.1) is 0 Å². The number of aromatic nitrogens is 2. The minimum atomic E-state index is 0.158. The molecule has 1 aliphatic rings. The van der Waals surface area contributed by atoms with Crippen LogP contribution in [0.4, 0.5) is 0 Å². The first-order valence-electron chi connectivity index (χ1n) is 7.61. The molecule has 0 aliphatic heterocycles. The van der Waals surface area contributed by atoms with Gasteiger partial charge in [-0.1, -0.05) is 19.3 Å². The molecule has 1 aromatic heterocycles. The summed E-state index contributed by atoms with van der Waals surface area (Å²) in [4.78, 5) is 13.1. The van der Waals surface area contributed by atoms with Crippen molar-refractivity contribution in [2.24, 2.45) is 0 Å². The molecule has 1 saturated carbocycles. The van der Waals surface area contributed by atoms with Gasteiger partial charge in [0.25, 0.3) is 0 Å². The van der Waals surface area contributed by atoms with Crippen LogP contribution in [0.1, 0.15) is 50.3 Å². The maximum atomic E-state index is 11.4. The third kappa shape index (κ3) is 4.34. The molecule has 1 fully saturated rings. The number of hydrogen-bond acceptors (Lipinski definition) is 3. The van der Waals surface area contributed by atoms with Crippen LogP contribution in [0.3, 0.4) is 0 Å². The second-order valence-corrected chi connectivity index (χ2v) is 5.79. The molecule has 2 rings (SSSR count). The molecule has 5 nitrogen and oxygen atoms in total. The van der Waals surface area contributed by atoms with Crippen LogP contribution in [-0.4, -0.2) is 41.2 Å². The summed E-state index contributed by atoms with van der Waals surface area (Å²) in [6.45, 7) is 1.44. The molecule has 1 aromatic rings. The summed E-state index contributed by atoms with van der Waals surface area (Å²) in [6, 6.07) is 2.67. The number of rotatable bonds is 6. The molecule has 112 valence electrons. The Kier molecular flexibility index (Phi) is 5.59. The van der Waals surface area contributed by atoms with Crippen LogP contribution in [0.25, 0.3) is 0 Å². The third-order valence-electron chi connectivity index (χ3n) is 3.93. The first-order chi connectivity index (χ1) is 9.66. The number of hydrogen-bond donors (Lipinski definition) is 1. The van der Waals surface area contributed by atoms with Crippen molar-refractivity contribution in [3.05, 3.63) is 18.0 Å². The molecular weight excluding hydrogens is 252 g/mol. The summed E-state index contributed by atoms with van der Waals surface area (Å²) in [5.41, 5.74) is 1.06. The molecule has 1 heterocycles. The standard InChI is InChI=1S/C15H26N4O/c1-18(2)15(20)8-10-16-12-13-9-11-19(17-13)14-6-4-3-5-7-14/h9,11,14,16H,3-8,10,12H2,1-2H3. The van der Waals surface area contributed by atoms with Crippen LogP contribution in [0.5, 0.6) is 0 Å². The topological polar surface area (TPSA) is 50.2 Å². The average molecular weight is 278 g/mol. The second kappa shape index (κ2) is 7.43. The lowest BCUT2D eigenvalue weighted by Gasteiger charge is -2.21. The Labute approximate surface area is 121 Å². The first kappa shape index (κ1) is 15.0. The lowest BCUT2D eigenvalue weighted by Crippen LogP contribution is -2.26. The van der Waals surface area contributed by atoms with E-state index < -0.39 is 0 Å². The van der Waals surface area contributed by atoms with Gasteiger partial charge in [0.1, 0.15) is 0 Å². The maximum Gasteiger partial charge on any atom is 0.223 e. The Morgan fingerprint density at radius 2 is 2.15 bits per heavy atom. The molecule has 0 atom stereocenters. The van der Waals surface area contributed by atoms with Gasteiger partial charge >= 0.3 is 0 Å². The summed E-state index contributed by atoms with van der Waals surface area (Å²) >= 11 is 0.